The highest BCUT2D eigenvalue weighted by Gasteiger charge is 2.03. The summed E-state index contributed by atoms with van der Waals surface area (Å²) in [7, 11) is 0. The van der Waals surface area contributed by atoms with E-state index < -0.39 is 0 Å². The van der Waals surface area contributed by atoms with Gasteiger partial charge in [0, 0.05) is 18.4 Å². The van der Waals surface area contributed by atoms with Crippen molar-refractivity contribution in [2.75, 3.05) is 11.2 Å². The maximum atomic E-state index is 11.3. The SMILES string of the molecule is O=C(CCCCCl)Nc1cc(Cl)ncn1. The van der Waals surface area contributed by atoms with Gasteiger partial charge in [0.1, 0.15) is 17.3 Å². The Bertz CT molecular complexity index is 333. The second-order valence-corrected chi connectivity index (χ2v) is 3.69. The summed E-state index contributed by atoms with van der Waals surface area (Å²) in [6, 6.07) is 1.50. The first-order chi connectivity index (χ1) is 7.22. The molecule has 0 aromatic carbocycles. The molecule has 1 aromatic heterocycles. The number of nitrogens with one attached hydrogen (secondary N) is 1. The monoisotopic (exact) mass is 247 g/mol. The Kier molecular flexibility index (Phi) is 5.36. The molecule has 0 unspecified atom stereocenters. The van der Waals surface area contributed by atoms with Crippen molar-refractivity contribution in [3.8, 4) is 0 Å². The van der Waals surface area contributed by atoms with Gasteiger partial charge < -0.3 is 5.32 Å². The molecule has 0 radical (unpaired) electrons. The van der Waals surface area contributed by atoms with Gasteiger partial charge in [-0.05, 0) is 12.8 Å². The van der Waals surface area contributed by atoms with Crippen molar-refractivity contribution in [3.63, 3.8) is 0 Å². The van der Waals surface area contributed by atoms with Gasteiger partial charge in [0.2, 0.25) is 5.91 Å². The van der Waals surface area contributed by atoms with E-state index in [9.17, 15) is 4.79 Å². The lowest BCUT2D eigenvalue weighted by atomic mass is 10.2. The fourth-order valence-electron chi connectivity index (χ4n) is 0.987. The van der Waals surface area contributed by atoms with E-state index in [0.717, 1.165) is 12.8 Å². The van der Waals surface area contributed by atoms with Gasteiger partial charge in [0.25, 0.3) is 0 Å². The van der Waals surface area contributed by atoms with Gasteiger partial charge >= 0.3 is 0 Å². The Balaban J connectivity index is 2.37. The molecule has 1 aromatic rings. The van der Waals surface area contributed by atoms with Crippen molar-refractivity contribution >= 4 is 34.9 Å². The lowest BCUT2D eigenvalue weighted by Crippen LogP contribution is -2.12. The fourth-order valence-corrected chi connectivity index (χ4v) is 1.32. The van der Waals surface area contributed by atoms with Gasteiger partial charge in [-0.2, -0.15) is 0 Å². The number of halogens is 2. The highest BCUT2D eigenvalue weighted by molar-refractivity contribution is 6.29. The van der Waals surface area contributed by atoms with Gasteiger partial charge in [-0.1, -0.05) is 11.6 Å². The molecule has 0 aliphatic rings. The second kappa shape index (κ2) is 6.58. The molecule has 0 saturated heterocycles. The third-order valence-corrected chi connectivity index (χ3v) is 2.16. The predicted molar refractivity (Wildman–Crippen MR) is 60.2 cm³/mol. The molecular formula is C9H11Cl2N3O. The van der Waals surface area contributed by atoms with Crippen LogP contribution in [0, 0.1) is 0 Å². The van der Waals surface area contributed by atoms with Crippen LogP contribution in [0.4, 0.5) is 5.82 Å². The Labute approximate surface area is 98.0 Å². The van der Waals surface area contributed by atoms with Crippen molar-refractivity contribution < 1.29 is 4.79 Å². The van der Waals surface area contributed by atoms with E-state index in [0.29, 0.717) is 23.3 Å². The zero-order chi connectivity index (χ0) is 11.1. The Morgan fingerprint density at radius 1 is 1.40 bits per heavy atom. The third-order valence-electron chi connectivity index (χ3n) is 1.69. The highest BCUT2D eigenvalue weighted by Crippen LogP contribution is 2.09. The molecule has 0 aliphatic heterocycles. The first-order valence-electron chi connectivity index (χ1n) is 4.55. The van der Waals surface area contributed by atoms with Crippen LogP contribution in [0.2, 0.25) is 5.15 Å². The average molecular weight is 248 g/mol. The fraction of sp³-hybridized carbons (Fsp3) is 0.444. The molecule has 0 atom stereocenters. The molecular weight excluding hydrogens is 237 g/mol. The molecule has 1 heterocycles. The minimum Gasteiger partial charge on any atom is -0.311 e. The summed E-state index contributed by atoms with van der Waals surface area (Å²) in [6.07, 6.45) is 3.35. The average Bonchev–Trinajstić information content (AvgIpc) is 2.18. The molecule has 6 heteroatoms. The van der Waals surface area contributed by atoms with Crippen LogP contribution in [0.15, 0.2) is 12.4 Å². The van der Waals surface area contributed by atoms with Crippen molar-refractivity contribution in [1.82, 2.24) is 9.97 Å². The van der Waals surface area contributed by atoms with E-state index >= 15 is 0 Å². The normalized spacial score (nSPS) is 10.0. The van der Waals surface area contributed by atoms with Crippen molar-refractivity contribution in [3.05, 3.63) is 17.5 Å². The van der Waals surface area contributed by atoms with Crippen molar-refractivity contribution in [1.29, 1.82) is 0 Å². The lowest BCUT2D eigenvalue weighted by Gasteiger charge is -2.03. The molecule has 1 rings (SSSR count). The maximum Gasteiger partial charge on any atom is 0.225 e. The maximum absolute atomic E-state index is 11.3. The van der Waals surface area contributed by atoms with E-state index in [1.165, 1.54) is 12.4 Å². The van der Waals surface area contributed by atoms with Gasteiger partial charge in [0.05, 0.1) is 0 Å². The molecule has 82 valence electrons. The predicted octanol–water partition coefficient (Wildman–Crippen LogP) is 2.48. The molecule has 0 saturated carbocycles. The highest BCUT2D eigenvalue weighted by atomic mass is 35.5. The zero-order valence-corrected chi connectivity index (χ0v) is 9.55. The largest absolute Gasteiger partial charge is 0.311 e. The van der Waals surface area contributed by atoms with Crippen LogP contribution in [0.5, 0.6) is 0 Å². The van der Waals surface area contributed by atoms with Crippen molar-refractivity contribution in [2.24, 2.45) is 0 Å². The number of amides is 1. The first kappa shape index (κ1) is 12.2. The summed E-state index contributed by atoms with van der Waals surface area (Å²) in [5.41, 5.74) is 0. The van der Waals surface area contributed by atoms with E-state index in [1.54, 1.807) is 0 Å². The Morgan fingerprint density at radius 2 is 2.20 bits per heavy atom. The van der Waals surface area contributed by atoms with E-state index in [2.05, 4.69) is 15.3 Å². The second-order valence-electron chi connectivity index (χ2n) is 2.92. The summed E-state index contributed by atoms with van der Waals surface area (Å²) < 4.78 is 0. The first-order valence-corrected chi connectivity index (χ1v) is 5.47. The number of nitrogens with zero attached hydrogens (tertiary/aromatic N) is 2. The lowest BCUT2D eigenvalue weighted by molar-refractivity contribution is -0.116. The van der Waals surface area contributed by atoms with Crippen LogP contribution in [0.1, 0.15) is 19.3 Å². The van der Waals surface area contributed by atoms with E-state index in [-0.39, 0.29) is 5.91 Å². The van der Waals surface area contributed by atoms with E-state index in [4.69, 9.17) is 23.2 Å². The van der Waals surface area contributed by atoms with Crippen LogP contribution in [-0.4, -0.2) is 21.8 Å². The minimum absolute atomic E-state index is 0.0881. The Morgan fingerprint density at radius 3 is 2.87 bits per heavy atom. The number of hydrogen-bond donors (Lipinski definition) is 1. The minimum atomic E-state index is -0.0881. The van der Waals surface area contributed by atoms with Crippen LogP contribution >= 0.6 is 23.2 Å². The van der Waals surface area contributed by atoms with Crippen molar-refractivity contribution in [2.45, 2.75) is 19.3 Å². The summed E-state index contributed by atoms with van der Waals surface area (Å²) >= 11 is 11.1. The number of unbranched alkanes of at least 4 members (excludes halogenated alkanes) is 1. The van der Waals surface area contributed by atoms with Gasteiger partial charge in [-0.15, -0.1) is 11.6 Å². The number of carbonyl (C=O) groups excluding carboxylic acids is 1. The van der Waals surface area contributed by atoms with Crippen LogP contribution in [0.25, 0.3) is 0 Å². The van der Waals surface area contributed by atoms with Gasteiger partial charge in [0.15, 0.2) is 0 Å². The van der Waals surface area contributed by atoms with Gasteiger partial charge in [-0.25, -0.2) is 9.97 Å². The Hall–Kier alpha value is -0.870. The number of carbonyl (C=O) groups is 1. The number of alkyl halides is 1. The molecule has 1 amide bonds. The van der Waals surface area contributed by atoms with Crippen LogP contribution in [-0.2, 0) is 4.79 Å². The summed E-state index contributed by atoms with van der Waals surface area (Å²) in [5, 5.41) is 2.93. The number of hydrogen-bond acceptors (Lipinski definition) is 3. The third kappa shape index (κ3) is 4.95. The molecule has 4 nitrogen and oxygen atoms in total. The summed E-state index contributed by atoms with van der Waals surface area (Å²) in [5.74, 6) is 0.910. The van der Waals surface area contributed by atoms with Crippen LogP contribution < -0.4 is 5.32 Å². The smallest absolute Gasteiger partial charge is 0.225 e. The standard InChI is InChI=1S/C9H11Cl2N3O/c10-4-2-1-3-9(15)14-8-5-7(11)12-6-13-8/h5-6H,1-4H2,(H,12,13,14,15). The summed E-state index contributed by atoms with van der Waals surface area (Å²) in [6.45, 7) is 0. The molecule has 1 N–H and O–H groups in total. The quantitative estimate of drug-likeness (QED) is 0.494. The number of rotatable bonds is 5. The van der Waals surface area contributed by atoms with E-state index in [1.807, 2.05) is 0 Å². The topological polar surface area (TPSA) is 54.9 Å². The zero-order valence-electron chi connectivity index (χ0n) is 8.04. The van der Waals surface area contributed by atoms with Gasteiger partial charge in [-0.3, -0.25) is 4.79 Å². The molecule has 0 fully saturated rings. The summed E-state index contributed by atoms with van der Waals surface area (Å²) in [4.78, 5) is 18.9. The number of aromatic nitrogens is 2. The molecule has 15 heavy (non-hydrogen) atoms. The number of anilines is 1. The molecule has 0 aliphatic carbocycles. The molecule has 0 spiro atoms. The van der Waals surface area contributed by atoms with Crippen LogP contribution in [0.3, 0.4) is 0 Å². The molecule has 0 bridgehead atoms.